The second kappa shape index (κ2) is 29.8. The molecule has 12 nitrogen and oxygen atoms in total. The minimum absolute atomic E-state index is 0.471. The van der Waals surface area contributed by atoms with Gasteiger partial charge in [-0.1, -0.05) is 121 Å². The molecule has 0 amide bonds. The van der Waals surface area contributed by atoms with Gasteiger partial charge in [-0.15, -0.1) is 0 Å². The third kappa shape index (κ3) is 15.2. The Labute approximate surface area is 536 Å². The van der Waals surface area contributed by atoms with Crippen LogP contribution in [0.15, 0.2) is 243 Å². The molecule has 0 atom stereocenters. The number of para-hydroxylation sites is 4. The van der Waals surface area contributed by atoms with Gasteiger partial charge >= 0.3 is 0 Å². The van der Waals surface area contributed by atoms with Crippen molar-refractivity contribution in [3.05, 3.63) is 265 Å². The number of nitrogens with one attached hydrogen (secondary N) is 2. The molecule has 2 aliphatic rings. The summed E-state index contributed by atoms with van der Waals surface area (Å²) in [4.78, 5) is 19.1. The number of H-pyrrole nitrogens is 2. The highest BCUT2D eigenvalue weighted by Gasteiger charge is 2.21. The number of aromatic amines is 2. The molecule has 0 unspecified atom stereocenters. The SMILES string of the molecule is C1=Cc2nc1c(-c1cccc(OCCCOc3ccccc3)c1)c1ccc([nH]1)c(-c1cccc(OCCCOc3ccccc3)c1)c1nc(c(-c3cccc(OCCCOc4ccccc4)c3)c3ccc([nH]3)c2-c2cccc(OCCCOc3ccccc3)c2)C=C1. The summed E-state index contributed by atoms with van der Waals surface area (Å²) in [5.74, 6) is 6.27. The molecule has 5 heterocycles. The molecule has 3 aromatic heterocycles. The molecule has 0 aliphatic carbocycles. The van der Waals surface area contributed by atoms with Crippen LogP contribution in [0.4, 0.5) is 0 Å². The lowest BCUT2D eigenvalue weighted by Crippen LogP contribution is -2.05. The second-order valence-corrected chi connectivity index (χ2v) is 22.1. The first-order valence-corrected chi connectivity index (χ1v) is 31.4. The molecular weight excluding hydrogens is 1140 g/mol. The van der Waals surface area contributed by atoms with E-state index in [1.165, 1.54) is 0 Å². The Bertz CT molecular complexity index is 3930. The predicted molar refractivity (Wildman–Crippen MR) is 369 cm³/mol. The summed E-state index contributed by atoms with van der Waals surface area (Å²) >= 11 is 0. The zero-order valence-electron chi connectivity index (χ0n) is 51.0. The van der Waals surface area contributed by atoms with Gasteiger partial charge in [-0.25, -0.2) is 9.97 Å². The van der Waals surface area contributed by atoms with Crippen LogP contribution in [0.25, 0.3) is 90.9 Å². The van der Waals surface area contributed by atoms with Crippen molar-refractivity contribution in [1.29, 1.82) is 0 Å². The number of rotatable bonds is 28. The Balaban J connectivity index is 0.927. The van der Waals surface area contributed by atoms with Crippen LogP contribution in [0.5, 0.6) is 46.0 Å². The fraction of sp³-hybridized carbons (Fsp3) is 0.150. The molecular formula is C80H70N4O8. The number of aromatic nitrogens is 4. The maximum atomic E-state index is 6.46. The summed E-state index contributed by atoms with van der Waals surface area (Å²) in [6.07, 6.45) is 11.2. The average Bonchev–Trinajstić information content (AvgIpc) is 1.65. The van der Waals surface area contributed by atoms with E-state index in [-0.39, 0.29) is 0 Å². The molecule has 2 N–H and O–H groups in total. The van der Waals surface area contributed by atoms with E-state index in [0.717, 1.165) is 135 Å². The zero-order valence-corrected chi connectivity index (χ0v) is 51.0. The van der Waals surface area contributed by atoms with Crippen molar-refractivity contribution in [1.82, 2.24) is 19.9 Å². The van der Waals surface area contributed by atoms with Gasteiger partial charge in [-0.2, -0.15) is 0 Å². The minimum Gasteiger partial charge on any atom is -0.493 e. The molecule has 11 aromatic rings. The van der Waals surface area contributed by atoms with Crippen LogP contribution in [0.2, 0.25) is 0 Å². The van der Waals surface area contributed by atoms with E-state index >= 15 is 0 Å². The summed E-state index contributed by atoms with van der Waals surface area (Å²) in [5, 5.41) is 0. The van der Waals surface area contributed by atoms with Gasteiger partial charge in [0, 0.05) is 70.0 Å². The van der Waals surface area contributed by atoms with Crippen molar-refractivity contribution < 1.29 is 37.9 Å². The van der Waals surface area contributed by atoms with Crippen molar-refractivity contribution in [2.24, 2.45) is 0 Å². The van der Waals surface area contributed by atoms with Crippen molar-refractivity contribution in [3.8, 4) is 90.5 Å². The number of fused-ring (bicyclic) bond motifs is 8. The Hall–Kier alpha value is -11.2. The Morgan fingerprint density at radius 3 is 0.652 bits per heavy atom. The molecule has 0 saturated heterocycles. The van der Waals surface area contributed by atoms with Crippen LogP contribution in [0.1, 0.15) is 48.5 Å². The van der Waals surface area contributed by atoms with Gasteiger partial charge in [0.1, 0.15) is 46.0 Å². The van der Waals surface area contributed by atoms with E-state index in [2.05, 4.69) is 107 Å². The van der Waals surface area contributed by atoms with Crippen molar-refractivity contribution in [2.45, 2.75) is 25.7 Å². The first kappa shape index (κ1) is 59.7. The standard InChI is InChI=1S/C80H70N4O8/c1-5-25-61(26-6-1)85-45-17-49-89-65-33-13-21-57(53-65)77-69-37-39-71(81-69)78(58-22-14-34-66(54-58)90-50-18-46-86-62-27-7-2-8-28-62)73-41-43-75(83-73)80(60-24-16-36-68(56-60)92-52-20-48-88-64-31-11-4-12-32-64)76-44-42-74(84-76)79(72-40-38-70(77)82-72)59-23-15-35-67(55-59)91-51-19-47-87-63-29-9-3-10-30-63/h1-16,21-44,53-56,81,84H,17-20,45-52H2. The van der Waals surface area contributed by atoms with Gasteiger partial charge in [0.25, 0.3) is 0 Å². The maximum absolute atomic E-state index is 6.46. The van der Waals surface area contributed by atoms with Crippen LogP contribution >= 0.6 is 0 Å². The molecule has 0 fully saturated rings. The van der Waals surface area contributed by atoms with Crippen molar-refractivity contribution in [2.75, 3.05) is 52.9 Å². The highest BCUT2D eigenvalue weighted by atomic mass is 16.5. The van der Waals surface area contributed by atoms with Crippen molar-refractivity contribution >= 4 is 46.4 Å². The minimum atomic E-state index is 0.471. The Morgan fingerprint density at radius 2 is 0.424 bits per heavy atom. The molecule has 0 saturated carbocycles. The third-order valence-electron chi connectivity index (χ3n) is 15.5. The fourth-order valence-electron chi connectivity index (χ4n) is 11.2. The smallest absolute Gasteiger partial charge is 0.119 e. The quantitative estimate of drug-likeness (QED) is 0.0457. The number of hydrogen-bond acceptors (Lipinski definition) is 10. The molecule has 13 rings (SSSR count). The highest BCUT2D eigenvalue weighted by Crippen LogP contribution is 2.41. The monoisotopic (exact) mass is 1210 g/mol. The number of benzene rings is 8. The Morgan fingerprint density at radius 1 is 0.217 bits per heavy atom. The lowest BCUT2D eigenvalue weighted by Gasteiger charge is -2.11. The van der Waals surface area contributed by atoms with E-state index in [9.17, 15) is 0 Å². The molecule has 92 heavy (non-hydrogen) atoms. The van der Waals surface area contributed by atoms with Gasteiger partial charge in [-0.3, -0.25) is 0 Å². The normalized spacial score (nSPS) is 11.5. The lowest BCUT2D eigenvalue weighted by molar-refractivity contribution is 0.247. The number of nitrogens with zero attached hydrogens (tertiary/aromatic N) is 2. The van der Waals surface area contributed by atoms with E-state index in [1.807, 2.05) is 170 Å². The number of hydrogen-bond donors (Lipinski definition) is 2. The fourth-order valence-corrected chi connectivity index (χ4v) is 11.2. The van der Waals surface area contributed by atoms with E-state index in [4.69, 9.17) is 47.9 Å². The van der Waals surface area contributed by atoms with Crippen LogP contribution in [0, 0.1) is 0 Å². The molecule has 2 aliphatic heterocycles. The lowest BCUT2D eigenvalue weighted by atomic mass is 10.0. The van der Waals surface area contributed by atoms with Crippen LogP contribution in [-0.2, 0) is 0 Å². The third-order valence-corrected chi connectivity index (χ3v) is 15.5. The number of ether oxygens (including phenoxy) is 8. The largest absolute Gasteiger partial charge is 0.493 e. The average molecular weight is 1220 g/mol. The zero-order chi connectivity index (χ0) is 61.9. The van der Waals surface area contributed by atoms with Gasteiger partial charge in [0.15, 0.2) is 0 Å². The molecule has 12 heteroatoms. The summed E-state index contributed by atoms with van der Waals surface area (Å²) in [5.41, 5.74) is 13.7. The topological polar surface area (TPSA) is 131 Å². The molecule has 458 valence electrons. The molecule has 0 spiro atoms. The van der Waals surface area contributed by atoms with Crippen molar-refractivity contribution in [3.63, 3.8) is 0 Å². The van der Waals surface area contributed by atoms with E-state index in [0.29, 0.717) is 78.5 Å². The summed E-state index contributed by atoms with van der Waals surface area (Å²) in [6, 6.07) is 80.9. The first-order valence-electron chi connectivity index (χ1n) is 31.4. The van der Waals surface area contributed by atoms with Gasteiger partial charge in [0.05, 0.1) is 75.6 Å². The predicted octanol–water partition coefficient (Wildman–Crippen LogP) is 18.7. The maximum Gasteiger partial charge on any atom is 0.119 e. The van der Waals surface area contributed by atoms with E-state index < -0.39 is 0 Å². The summed E-state index contributed by atoms with van der Waals surface area (Å²) < 4.78 is 49.9. The Kier molecular flexibility index (Phi) is 19.4. The summed E-state index contributed by atoms with van der Waals surface area (Å²) in [7, 11) is 0. The molecule has 8 aromatic carbocycles. The molecule has 8 bridgehead atoms. The first-order chi connectivity index (χ1) is 45.6. The summed E-state index contributed by atoms with van der Waals surface area (Å²) in [6.45, 7) is 3.99. The molecule has 0 radical (unpaired) electrons. The van der Waals surface area contributed by atoms with Crippen LogP contribution in [-0.4, -0.2) is 72.8 Å². The second-order valence-electron chi connectivity index (χ2n) is 22.1. The van der Waals surface area contributed by atoms with Gasteiger partial charge in [0.2, 0.25) is 0 Å². The van der Waals surface area contributed by atoms with E-state index in [1.54, 1.807) is 0 Å². The van der Waals surface area contributed by atoms with Crippen LogP contribution < -0.4 is 37.9 Å². The highest BCUT2D eigenvalue weighted by molar-refractivity contribution is 6.00. The van der Waals surface area contributed by atoms with Crippen LogP contribution in [0.3, 0.4) is 0 Å². The van der Waals surface area contributed by atoms with Gasteiger partial charge in [-0.05, 0) is 168 Å². The van der Waals surface area contributed by atoms with Gasteiger partial charge < -0.3 is 47.9 Å².